The van der Waals surface area contributed by atoms with E-state index >= 15 is 0 Å². The minimum Gasteiger partial charge on any atom is -0.348 e. The highest BCUT2D eigenvalue weighted by molar-refractivity contribution is 9.10. The first-order valence-corrected chi connectivity index (χ1v) is 4.89. The summed E-state index contributed by atoms with van der Waals surface area (Å²) in [6.45, 7) is 0. The Balaban J connectivity index is 2.36. The van der Waals surface area contributed by atoms with Crippen LogP contribution in [0.4, 0.5) is 5.95 Å². The predicted octanol–water partition coefficient (Wildman–Crippen LogP) is 2.05. The molecule has 0 N–H and O–H groups in total. The number of halogens is 1. The van der Waals surface area contributed by atoms with Gasteiger partial charge in [-0.25, -0.2) is 4.98 Å². The second kappa shape index (κ2) is 2.76. The van der Waals surface area contributed by atoms with E-state index in [1.807, 2.05) is 19.0 Å². The molecule has 1 aromatic rings. The Morgan fingerprint density at radius 3 is 2.75 bits per heavy atom. The summed E-state index contributed by atoms with van der Waals surface area (Å²) in [6, 6.07) is 0.696. The van der Waals surface area contributed by atoms with E-state index in [0.717, 1.165) is 10.6 Å². The number of anilines is 1. The second-order valence-corrected chi connectivity index (χ2v) is 4.21. The molecule has 4 heteroatoms. The molecule has 0 saturated heterocycles. The molecule has 0 bridgehead atoms. The van der Waals surface area contributed by atoms with Gasteiger partial charge in [-0.2, -0.15) is 0 Å². The summed E-state index contributed by atoms with van der Waals surface area (Å²) in [6.07, 6.45) is 4.65. The van der Waals surface area contributed by atoms with Crippen molar-refractivity contribution >= 4 is 21.9 Å². The zero-order chi connectivity index (χ0) is 8.72. The molecule has 0 atom stereocenters. The SMILES string of the molecule is CN(C)c1nc(Br)cn1C1CC1. The maximum absolute atomic E-state index is 4.38. The predicted molar refractivity (Wildman–Crippen MR) is 52.5 cm³/mol. The first-order chi connectivity index (χ1) is 5.68. The number of rotatable bonds is 2. The fourth-order valence-electron chi connectivity index (χ4n) is 1.31. The van der Waals surface area contributed by atoms with Gasteiger partial charge in [0, 0.05) is 26.3 Å². The van der Waals surface area contributed by atoms with Crippen LogP contribution in [0.2, 0.25) is 0 Å². The third kappa shape index (κ3) is 1.35. The van der Waals surface area contributed by atoms with Crippen LogP contribution in [0.3, 0.4) is 0 Å². The van der Waals surface area contributed by atoms with E-state index in [9.17, 15) is 0 Å². The molecule has 0 unspecified atom stereocenters. The van der Waals surface area contributed by atoms with Gasteiger partial charge in [-0.1, -0.05) is 0 Å². The molecule has 1 aromatic heterocycles. The van der Waals surface area contributed by atoms with Crippen LogP contribution in [0.1, 0.15) is 18.9 Å². The first-order valence-electron chi connectivity index (χ1n) is 4.10. The third-order valence-electron chi connectivity index (χ3n) is 2.02. The molecule has 12 heavy (non-hydrogen) atoms. The lowest BCUT2D eigenvalue weighted by atomic mass is 10.6. The Hall–Kier alpha value is -0.510. The minimum absolute atomic E-state index is 0.696. The largest absolute Gasteiger partial charge is 0.348 e. The van der Waals surface area contributed by atoms with Crippen LogP contribution < -0.4 is 4.90 Å². The van der Waals surface area contributed by atoms with Crippen molar-refractivity contribution in [2.75, 3.05) is 19.0 Å². The molecule has 2 rings (SSSR count). The molecule has 0 amide bonds. The molecule has 1 aliphatic rings. The van der Waals surface area contributed by atoms with Gasteiger partial charge < -0.3 is 9.47 Å². The normalized spacial score (nSPS) is 16.6. The standard InChI is InChI=1S/C8H12BrN3/c1-11(2)8-10-7(9)5-12(8)6-3-4-6/h5-6H,3-4H2,1-2H3. The van der Waals surface area contributed by atoms with Crippen LogP contribution in [0.25, 0.3) is 0 Å². The van der Waals surface area contributed by atoms with E-state index in [1.54, 1.807) is 0 Å². The van der Waals surface area contributed by atoms with Gasteiger partial charge >= 0.3 is 0 Å². The first kappa shape index (κ1) is 8.10. The highest BCUT2D eigenvalue weighted by atomic mass is 79.9. The van der Waals surface area contributed by atoms with Gasteiger partial charge in [-0.05, 0) is 28.8 Å². The second-order valence-electron chi connectivity index (χ2n) is 3.40. The zero-order valence-corrected chi connectivity index (χ0v) is 8.87. The van der Waals surface area contributed by atoms with Crippen molar-refractivity contribution in [3.8, 4) is 0 Å². The molecular formula is C8H12BrN3. The molecule has 0 aromatic carbocycles. The van der Waals surface area contributed by atoms with Gasteiger partial charge in [0.15, 0.2) is 0 Å². The van der Waals surface area contributed by atoms with E-state index in [2.05, 4.69) is 31.7 Å². The molecule has 1 aliphatic carbocycles. The number of nitrogens with zero attached hydrogens (tertiary/aromatic N) is 3. The molecular weight excluding hydrogens is 218 g/mol. The van der Waals surface area contributed by atoms with E-state index in [1.165, 1.54) is 12.8 Å². The summed E-state index contributed by atoms with van der Waals surface area (Å²) in [5, 5.41) is 0. The Labute approximate surface area is 80.5 Å². The lowest BCUT2D eigenvalue weighted by Gasteiger charge is -2.12. The number of imidazole rings is 1. The van der Waals surface area contributed by atoms with Gasteiger partial charge in [-0.15, -0.1) is 0 Å². The Morgan fingerprint density at radius 2 is 2.25 bits per heavy atom. The quantitative estimate of drug-likeness (QED) is 0.775. The number of hydrogen-bond donors (Lipinski definition) is 0. The molecule has 3 nitrogen and oxygen atoms in total. The Morgan fingerprint density at radius 1 is 1.58 bits per heavy atom. The van der Waals surface area contributed by atoms with Crippen LogP contribution in [0.15, 0.2) is 10.8 Å². The van der Waals surface area contributed by atoms with Crippen LogP contribution >= 0.6 is 15.9 Å². The minimum atomic E-state index is 0.696. The molecule has 0 radical (unpaired) electrons. The Kier molecular flexibility index (Phi) is 1.87. The van der Waals surface area contributed by atoms with Crippen molar-refractivity contribution in [2.24, 2.45) is 0 Å². The number of aromatic nitrogens is 2. The fourth-order valence-corrected chi connectivity index (χ4v) is 1.69. The summed E-state index contributed by atoms with van der Waals surface area (Å²) in [4.78, 5) is 6.42. The summed E-state index contributed by atoms with van der Waals surface area (Å²) < 4.78 is 3.17. The molecule has 1 saturated carbocycles. The zero-order valence-electron chi connectivity index (χ0n) is 7.29. The molecule has 66 valence electrons. The van der Waals surface area contributed by atoms with Gasteiger partial charge in [0.05, 0.1) is 0 Å². The van der Waals surface area contributed by atoms with Crippen LogP contribution in [-0.2, 0) is 0 Å². The van der Waals surface area contributed by atoms with Crippen LogP contribution in [0.5, 0.6) is 0 Å². The Bertz CT molecular complexity index is 269. The summed E-state index contributed by atoms with van der Waals surface area (Å²) in [7, 11) is 4.04. The summed E-state index contributed by atoms with van der Waals surface area (Å²) in [5.41, 5.74) is 0. The van der Waals surface area contributed by atoms with E-state index < -0.39 is 0 Å². The fraction of sp³-hybridized carbons (Fsp3) is 0.625. The van der Waals surface area contributed by atoms with Crippen molar-refractivity contribution in [1.82, 2.24) is 9.55 Å². The van der Waals surface area contributed by atoms with Gasteiger partial charge in [0.25, 0.3) is 0 Å². The van der Waals surface area contributed by atoms with Gasteiger partial charge in [0.2, 0.25) is 5.95 Å². The highest BCUT2D eigenvalue weighted by Gasteiger charge is 2.26. The summed E-state index contributed by atoms with van der Waals surface area (Å²) >= 11 is 3.39. The van der Waals surface area contributed by atoms with Gasteiger partial charge in [-0.3, -0.25) is 0 Å². The molecule has 0 spiro atoms. The lowest BCUT2D eigenvalue weighted by molar-refractivity contribution is 0.728. The molecule has 1 heterocycles. The van der Waals surface area contributed by atoms with Crippen LogP contribution in [0, 0.1) is 0 Å². The molecule has 0 aliphatic heterocycles. The summed E-state index contributed by atoms with van der Waals surface area (Å²) in [5.74, 6) is 1.05. The smallest absolute Gasteiger partial charge is 0.206 e. The van der Waals surface area contributed by atoms with E-state index in [-0.39, 0.29) is 0 Å². The van der Waals surface area contributed by atoms with Gasteiger partial charge in [0.1, 0.15) is 4.60 Å². The molecule has 1 fully saturated rings. The van der Waals surface area contributed by atoms with E-state index in [4.69, 9.17) is 0 Å². The van der Waals surface area contributed by atoms with E-state index in [0.29, 0.717) is 6.04 Å². The topological polar surface area (TPSA) is 21.1 Å². The average Bonchev–Trinajstić information content (AvgIpc) is 2.75. The van der Waals surface area contributed by atoms with Crippen molar-refractivity contribution in [1.29, 1.82) is 0 Å². The third-order valence-corrected chi connectivity index (χ3v) is 2.41. The van der Waals surface area contributed by atoms with Crippen molar-refractivity contribution < 1.29 is 0 Å². The van der Waals surface area contributed by atoms with Crippen molar-refractivity contribution in [3.05, 3.63) is 10.8 Å². The maximum Gasteiger partial charge on any atom is 0.206 e. The monoisotopic (exact) mass is 229 g/mol. The van der Waals surface area contributed by atoms with Crippen molar-refractivity contribution in [2.45, 2.75) is 18.9 Å². The maximum atomic E-state index is 4.38. The highest BCUT2D eigenvalue weighted by Crippen LogP contribution is 2.38. The van der Waals surface area contributed by atoms with Crippen LogP contribution in [-0.4, -0.2) is 23.6 Å². The average molecular weight is 230 g/mol. The van der Waals surface area contributed by atoms with Crippen molar-refractivity contribution in [3.63, 3.8) is 0 Å². The number of hydrogen-bond acceptors (Lipinski definition) is 2. The lowest BCUT2D eigenvalue weighted by Crippen LogP contribution is -2.14.